The van der Waals surface area contributed by atoms with E-state index in [2.05, 4.69) is 22.1 Å². The maximum Gasteiger partial charge on any atom is 0.317 e. The molecule has 26 heavy (non-hydrogen) atoms. The minimum Gasteiger partial charge on any atom is -0.497 e. The Hall–Kier alpha value is -2.28. The fourth-order valence-corrected chi connectivity index (χ4v) is 3.91. The summed E-state index contributed by atoms with van der Waals surface area (Å²) in [5.41, 5.74) is 1.43. The van der Waals surface area contributed by atoms with E-state index < -0.39 is 0 Å². The lowest BCUT2D eigenvalue weighted by atomic mass is 9.98. The lowest BCUT2D eigenvalue weighted by Crippen LogP contribution is -2.64. The summed E-state index contributed by atoms with van der Waals surface area (Å²) in [4.78, 5) is 21.2. The van der Waals surface area contributed by atoms with Gasteiger partial charge in [0, 0.05) is 31.2 Å². The molecule has 7 heteroatoms. The van der Waals surface area contributed by atoms with E-state index in [9.17, 15) is 4.79 Å². The highest BCUT2D eigenvalue weighted by atomic mass is 16.5. The predicted octanol–water partition coefficient (Wildman–Crippen LogP) is 2.60. The van der Waals surface area contributed by atoms with E-state index in [1.807, 2.05) is 23.1 Å². The molecule has 0 bridgehead atoms. The van der Waals surface area contributed by atoms with Gasteiger partial charge in [0.25, 0.3) is 0 Å². The van der Waals surface area contributed by atoms with E-state index in [0.717, 1.165) is 30.9 Å². The van der Waals surface area contributed by atoms with Crippen molar-refractivity contribution < 1.29 is 13.9 Å². The number of nitrogens with one attached hydrogen (secondary N) is 1. The molecular formula is C19H26N4O3. The number of piperidine rings is 1. The van der Waals surface area contributed by atoms with Gasteiger partial charge < -0.3 is 19.4 Å². The first-order chi connectivity index (χ1) is 12.6. The number of oxazole rings is 1. The van der Waals surface area contributed by atoms with E-state index in [-0.39, 0.29) is 12.6 Å². The molecule has 0 radical (unpaired) electrons. The van der Waals surface area contributed by atoms with Gasteiger partial charge in [0.05, 0.1) is 13.7 Å². The molecule has 2 aliphatic rings. The van der Waals surface area contributed by atoms with Crippen molar-refractivity contribution in [1.29, 1.82) is 0 Å². The van der Waals surface area contributed by atoms with E-state index in [1.54, 1.807) is 7.11 Å². The van der Waals surface area contributed by atoms with Crippen LogP contribution in [0.15, 0.2) is 22.6 Å². The third-order valence-electron chi connectivity index (χ3n) is 5.50. The Labute approximate surface area is 153 Å². The van der Waals surface area contributed by atoms with Gasteiger partial charge in [-0.2, -0.15) is 0 Å². The summed E-state index contributed by atoms with van der Waals surface area (Å²) in [6.45, 7) is 5.36. The van der Waals surface area contributed by atoms with Crippen LogP contribution < -0.4 is 10.1 Å². The number of hydrogen-bond acceptors (Lipinski definition) is 5. The Morgan fingerprint density at radius 1 is 1.38 bits per heavy atom. The molecule has 3 heterocycles. The first-order valence-corrected chi connectivity index (χ1v) is 9.36. The molecule has 2 amide bonds. The van der Waals surface area contributed by atoms with Crippen LogP contribution in [0.1, 0.15) is 32.1 Å². The van der Waals surface area contributed by atoms with Gasteiger partial charge in [-0.15, -0.1) is 0 Å². The molecule has 140 valence electrons. The topological polar surface area (TPSA) is 70.8 Å². The molecule has 1 atom stereocenters. The van der Waals surface area contributed by atoms with Gasteiger partial charge in [0.15, 0.2) is 5.58 Å². The summed E-state index contributed by atoms with van der Waals surface area (Å²) in [5.74, 6) is 1.24. The summed E-state index contributed by atoms with van der Waals surface area (Å²) in [7, 11) is 1.62. The van der Waals surface area contributed by atoms with Crippen molar-refractivity contribution in [2.24, 2.45) is 0 Å². The number of carbonyl (C=O) groups excluding carboxylic acids is 1. The molecule has 0 saturated carbocycles. The molecule has 0 unspecified atom stereocenters. The Morgan fingerprint density at radius 3 is 3.00 bits per heavy atom. The number of nitrogens with zero attached hydrogens (tertiary/aromatic N) is 3. The third-order valence-corrected chi connectivity index (χ3v) is 5.50. The monoisotopic (exact) mass is 358 g/mol. The number of fused-ring (bicyclic) bond motifs is 1. The first kappa shape index (κ1) is 17.1. The molecule has 1 aromatic carbocycles. The maximum atomic E-state index is 12.3. The molecule has 2 fully saturated rings. The smallest absolute Gasteiger partial charge is 0.317 e. The van der Waals surface area contributed by atoms with Crippen LogP contribution in [-0.4, -0.2) is 59.6 Å². The molecule has 7 nitrogen and oxygen atoms in total. The van der Waals surface area contributed by atoms with Crippen molar-refractivity contribution in [3.63, 3.8) is 0 Å². The van der Waals surface area contributed by atoms with E-state index in [1.165, 1.54) is 19.3 Å². The molecule has 4 rings (SSSR count). The maximum absolute atomic E-state index is 12.3. The highest BCUT2D eigenvalue weighted by Crippen LogP contribution is 2.25. The van der Waals surface area contributed by atoms with Crippen LogP contribution in [0.3, 0.4) is 0 Å². The largest absolute Gasteiger partial charge is 0.497 e. The molecule has 0 spiro atoms. The quantitative estimate of drug-likeness (QED) is 0.910. The van der Waals surface area contributed by atoms with Crippen LogP contribution in [0.4, 0.5) is 4.79 Å². The molecule has 0 aliphatic carbocycles. The van der Waals surface area contributed by atoms with Gasteiger partial charge in [-0.25, -0.2) is 9.78 Å². The second-order valence-electron chi connectivity index (χ2n) is 7.24. The minimum absolute atomic E-state index is 0.0502. The van der Waals surface area contributed by atoms with Crippen molar-refractivity contribution in [3.8, 4) is 5.75 Å². The molecule has 1 N–H and O–H groups in total. The number of carbonyl (C=O) groups is 1. The molecule has 2 aliphatic heterocycles. The van der Waals surface area contributed by atoms with Gasteiger partial charge in [-0.3, -0.25) is 4.90 Å². The standard InChI is InChI=1S/C19H26N4O3/c1-13-5-3-4-8-23(13)14-11-22(12-14)19(24)20-10-18-21-16-9-15(25-2)6-7-17(16)26-18/h6-7,9,13-14H,3-5,8,10-12H2,1-2H3,(H,20,24)/t13-/m0/s1. The summed E-state index contributed by atoms with van der Waals surface area (Å²) < 4.78 is 10.9. The summed E-state index contributed by atoms with van der Waals surface area (Å²) >= 11 is 0. The second kappa shape index (κ2) is 7.15. The number of ether oxygens (including phenoxy) is 1. The number of methoxy groups -OCH3 is 1. The molecule has 2 saturated heterocycles. The van der Waals surface area contributed by atoms with Gasteiger partial charge >= 0.3 is 6.03 Å². The SMILES string of the molecule is COc1ccc2oc(CNC(=O)N3CC(N4CCCC[C@@H]4C)C3)nc2c1. The summed E-state index contributed by atoms with van der Waals surface area (Å²) in [5, 5.41) is 2.91. The lowest BCUT2D eigenvalue weighted by Gasteiger charge is -2.49. The Morgan fingerprint density at radius 2 is 2.23 bits per heavy atom. The van der Waals surface area contributed by atoms with Crippen LogP contribution in [0.25, 0.3) is 11.1 Å². The number of benzene rings is 1. The second-order valence-corrected chi connectivity index (χ2v) is 7.24. The van der Waals surface area contributed by atoms with E-state index >= 15 is 0 Å². The number of urea groups is 1. The highest BCUT2D eigenvalue weighted by Gasteiger charge is 2.37. The highest BCUT2D eigenvalue weighted by molar-refractivity contribution is 5.76. The number of rotatable bonds is 4. The van der Waals surface area contributed by atoms with E-state index in [0.29, 0.717) is 23.6 Å². The lowest BCUT2D eigenvalue weighted by molar-refractivity contribution is 0.0168. The number of hydrogen-bond donors (Lipinski definition) is 1. The zero-order valence-corrected chi connectivity index (χ0v) is 15.4. The Bertz CT molecular complexity index is 784. The number of likely N-dealkylation sites (tertiary alicyclic amines) is 2. The number of aromatic nitrogens is 1. The Balaban J connectivity index is 1.28. The van der Waals surface area contributed by atoms with Crippen molar-refractivity contribution in [2.45, 2.75) is 44.8 Å². The van der Waals surface area contributed by atoms with Crippen LogP contribution in [0.5, 0.6) is 5.75 Å². The molecule has 1 aromatic heterocycles. The van der Waals surface area contributed by atoms with Gasteiger partial charge in [-0.1, -0.05) is 6.42 Å². The van der Waals surface area contributed by atoms with Crippen LogP contribution in [0.2, 0.25) is 0 Å². The van der Waals surface area contributed by atoms with Crippen molar-refractivity contribution in [2.75, 3.05) is 26.7 Å². The third kappa shape index (κ3) is 3.35. The fourth-order valence-electron chi connectivity index (χ4n) is 3.91. The van der Waals surface area contributed by atoms with Gasteiger partial charge in [-0.05, 0) is 38.4 Å². The fraction of sp³-hybridized carbons (Fsp3) is 0.579. The normalized spacial score (nSPS) is 21.6. The zero-order valence-electron chi connectivity index (χ0n) is 15.4. The van der Waals surface area contributed by atoms with Crippen LogP contribution in [-0.2, 0) is 6.54 Å². The van der Waals surface area contributed by atoms with Crippen LogP contribution >= 0.6 is 0 Å². The van der Waals surface area contributed by atoms with E-state index in [4.69, 9.17) is 9.15 Å². The number of amides is 2. The van der Waals surface area contributed by atoms with Crippen molar-refractivity contribution in [1.82, 2.24) is 20.1 Å². The average Bonchev–Trinajstić information content (AvgIpc) is 3.02. The van der Waals surface area contributed by atoms with Crippen molar-refractivity contribution in [3.05, 3.63) is 24.1 Å². The zero-order chi connectivity index (χ0) is 18.1. The Kier molecular flexibility index (Phi) is 4.72. The first-order valence-electron chi connectivity index (χ1n) is 9.36. The van der Waals surface area contributed by atoms with Crippen LogP contribution in [0, 0.1) is 0 Å². The summed E-state index contributed by atoms with van der Waals surface area (Å²) in [6.07, 6.45) is 3.87. The van der Waals surface area contributed by atoms with Gasteiger partial charge in [0.1, 0.15) is 11.3 Å². The molecular weight excluding hydrogens is 332 g/mol. The minimum atomic E-state index is -0.0502. The average molecular weight is 358 g/mol. The predicted molar refractivity (Wildman–Crippen MR) is 98.2 cm³/mol. The molecule has 2 aromatic rings. The summed E-state index contributed by atoms with van der Waals surface area (Å²) in [6, 6.07) is 6.57. The van der Waals surface area contributed by atoms with Crippen molar-refractivity contribution >= 4 is 17.1 Å². The van der Waals surface area contributed by atoms with Gasteiger partial charge in [0.2, 0.25) is 5.89 Å².